The number of oxazole rings is 1. The van der Waals surface area contributed by atoms with Gasteiger partial charge in [0.25, 0.3) is 5.91 Å². The zero-order valence-corrected chi connectivity index (χ0v) is 17.5. The molecule has 1 unspecified atom stereocenters. The largest absolute Gasteiger partial charge is 0.489 e. The van der Waals surface area contributed by atoms with Crippen LogP contribution in [0.1, 0.15) is 42.1 Å². The number of hydrogen-bond acceptors (Lipinski definition) is 7. The summed E-state index contributed by atoms with van der Waals surface area (Å²) >= 11 is 0. The first-order valence-corrected chi connectivity index (χ1v) is 10.1. The molecule has 1 amide bonds. The van der Waals surface area contributed by atoms with Crippen LogP contribution in [0.4, 0.5) is 14.5 Å². The second-order valence-corrected chi connectivity index (χ2v) is 7.67. The van der Waals surface area contributed by atoms with E-state index in [4.69, 9.17) is 14.9 Å². The monoisotopic (exact) mass is 447 g/mol. The van der Waals surface area contributed by atoms with E-state index in [9.17, 15) is 13.6 Å². The molecular formula is C21H23F2N5O4. The van der Waals surface area contributed by atoms with Gasteiger partial charge >= 0.3 is 6.61 Å². The highest BCUT2D eigenvalue weighted by Crippen LogP contribution is 2.37. The number of aryl methyl sites for hydroxylation is 1. The van der Waals surface area contributed by atoms with Crippen LogP contribution in [0, 0.1) is 5.92 Å². The van der Waals surface area contributed by atoms with Gasteiger partial charge in [0.05, 0.1) is 24.5 Å². The van der Waals surface area contributed by atoms with Gasteiger partial charge in [-0.25, -0.2) is 4.98 Å². The molecule has 1 aromatic carbocycles. The molecule has 1 aliphatic carbocycles. The first kappa shape index (κ1) is 21.8. The van der Waals surface area contributed by atoms with Gasteiger partial charge in [-0.05, 0) is 43.9 Å². The Hall–Kier alpha value is -3.47. The van der Waals surface area contributed by atoms with E-state index in [0.29, 0.717) is 23.8 Å². The number of nitrogens with zero attached hydrogens (tertiary/aromatic N) is 3. The number of benzene rings is 1. The summed E-state index contributed by atoms with van der Waals surface area (Å²) in [5, 5.41) is 6.69. The highest BCUT2D eigenvalue weighted by atomic mass is 19.3. The summed E-state index contributed by atoms with van der Waals surface area (Å²) in [5.74, 6) is 0.258. The van der Waals surface area contributed by atoms with Crippen molar-refractivity contribution < 1.29 is 27.5 Å². The number of aromatic nitrogens is 3. The lowest BCUT2D eigenvalue weighted by atomic mass is 10.2. The minimum Gasteiger partial charge on any atom is -0.489 e. The molecule has 32 heavy (non-hydrogen) atoms. The molecule has 170 valence electrons. The number of nitrogens with two attached hydrogens (primary N) is 1. The van der Waals surface area contributed by atoms with Crippen LogP contribution in [0.25, 0.3) is 11.5 Å². The minimum atomic E-state index is -2.99. The standard InChI is InChI=1S/C21H23F2N5O4/c1-11(24)18-17(19(29)26-14-8-25-28(2)9-14)27-20(32-18)13-5-6-15(31-21(22)23)16(7-13)30-10-12-3-4-12/h5-9,11-12,21H,3-4,10,24H2,1-2H3,(H,26,29). The SMILES string of the molecule is CC(N)c1oc(-c2ccc(OC(F)F)c(OCC3CC3)c2)nc1C(=O)Nc1cnn(C)c1. The number of carbonyl (C=O) groups is 1. The molecule has 4 rings (SSSR count). The predicted octanol–water partition coefficient (Wildman–Crippen LogP) is 3.74. The van der Waals surface area contributed by atoms with Gasteiger partial charge in [-0.2, -0.15) is 13.9 Å². The fourth-order valence-corrected chi connectivity index (χ4v) is 3.04. The molecule has 1 atom stereocenters. The molecule has 0 spiro atoms. The van der Waals surface area contributed by atoms with Crippen LogP contribution in [0.5, 0.6) is 11.5 Å². The van der Waals surface area contributed by atoms with Crippen LogP contribution >= 0.6 is 0 Å². The lowest BCUT2D eigenvalue weighted by Gasteiger charge is -2.12. The number of ether oxygens (including phenoxy) is 2. The third-order valence-electron chi connectivity index (χ3n) is 4.82. The summed E-state index contributed by atoms with van der Waals surface area (Å²) in [6, 6.07) is 3.74. The Morgan fingerprint density at radius 3 is 2.78 bits per heavy atom. The van der Waals surface area contributed by atoms with Crippen molar-refractivity contribution in [1.82, 2.24) is 14.8 Å². The number of amides is 1. The zero-order chi connectivity index (χ0) is 22.8. The highest BCUT2D eigenvalue weighted by molar-refractivity contribution is 6.03. The number of anilines is 1. The van der Waals surface area contributed by atoms with Crippen LogP contribution < -0.4 is 20.5 Å². The van der Waals surface area contributed by atoms with Gasteiger partial charge in [-0.1, -0.05) is 0 Å². The average Bonchev–Trinajstić information content (AvgIpc) is 3.30. The Morgan fingerprint density at radius 1 is 1.38 bits per heavy atom. The smallest absolute Gasteiger partial charge is 0.387 e. The number of nitrogens with one attached hydrogen (secondary N) is 1. The second-order valence-electron chi connectivity index (χ2n) is 7.67. The summed E-state index contributed by atoms with van der Waals surface area (Å²) in [6.07, 6.45) is 5.21. The molecule has 0 aliphatic heterocycles. The summed E-state index contributed by atoms with van der Waals surface area (Å²) in [6.45, 7) is -0.925. The fraction of sp³-hybridized carbons (Fsp3) is 0.381. The van der Waals surface area contributed by atoms with Crippen LogP contribution in [-0.4, -0.2) is 33.9 Å². The molecule has 2 heterocycles. The molecule has 3 aromatic rings. The van der Waals surface area contributed by atoms with Crippen molar-refractivity contribution in [3.63, 3.8) is 0 Å². The summed E-state index contributed by atoms with van der Waals surface area (Å²) in [7, 11) is 1.72. The maximum absolute atomic E-state index is 12.8. The highest BCUT2D eigenvalue weighted by Gasteiger charge is 2.26. The maximum atomic E-state index is 12.8. The third kappa shape index (κ3) is 5.05. The van der Waals surface area contributed by atoms with Crippen molar-refractivity contribution in [3.05, 3.63) is 42.0 Å². The van der Waals surface area contributed by atoms with E-state index in [1.807, 2.05) is 0 Å². The number of carbonyl (C=O) groups excluding carboxylic acids is 1. The Labute approximate surface area is 182 Å². The first-order valence-electron chi connectivity index (χ1n) is 10.1. The van der Waals surface area contributed by atoms with Gasteiger partial charge in [0.1, 0.15) is 0 Å². The zero-order valence-electron chi connectivity index (χ0n) is 17.5. The normalized spacial score (nSPS) is 14.4. The van der Waals surface area contributed by atoms with Gasteiger partial charge in [0, 0.05) is 18.8 Å². The molecule has 0 saturated heterocycles. The van der Waals surface area contributed by atoms with Gasteiger partial charge in [-0.3, -0.25) is 9.48 Å². The summed E-state index contributed by atoms with van der Waals surface area (Å²) in [4.78, 5) is 17.1. The van der Waals surface area contributed by atoms with Crippen LogP contribution in [0.15, 0.2) is 35.0 Å². The topological polar surface area (TPSA) is 117 Å². The average molecular weight is 447 g/mol. The van der Waals surface area contributed by atoms with Crippen LogP contribution in [0.3, 0.4) is 0 Å². The van der Waals surface area contributed by atoms with Crippen molar-refractivity contribution in [3.8, 4) is 23.0 Å². The Balaban J connectivity index is 1.63. The molecule has 1 aliphatic rings. The third-order valence-corrected chi connectivity index (χ3v) is 4.82. The quantitative estimate of drug-likeness (QED) is 0.513. The van der Waals surface area contributed by atoms with E-state index < -0.39 is 18.6 Å². The number of rotatable bonds is 9. The minimum absolute atomic E-state index is 0.0206. The number of halogens is 2. The van der Waals surface area contributed by atoms with Crippen molar-refractivity contribution in [2.24, 2.45) is 18.7 Å². The summed E-state index contributed by atoms with van der Waals surface area (Å²) < 4.78 is 43.1. The first-order chi connectivity index (χ1) is 15.3. The molecular weight excluding hydrogens is 424 g/mol. The van der Waals surface area contributed by atoms with E-state index in [1.165, 1.54) is 24.4 Å². The molecule has 0 bridgehead atoms. The van der Waals surface area contributed by atoms with Gasteiger partial charge in [-0.15, -0.1) is 0 Å². The predicted molar refractivity (Wildman–Crippen MR) is 111 cm³/mol. The Kier molecular flexibility index (Phi) is 6.08. The van der Waals surface area contributed by atoms with E-state index in [1.54, 1.807) is 24.9 Å². The van der Waals surface area contributed by atoms with Crippen molar-refractivity contribution in [2.75, 3.05) is 11.9 Å². The van der Waals surface area contributed by atoms with Gasteiger partial charge in [0.15, 0.2) is 23.0 Å². The molecule has 0 radical (unpaired) electrons. The van der Waals surface area contributed by atoms with Crippen molar-refractivity contribution in [1.29, 1.82) is 0 Å². The fourth-order valence-electron chi connectivity index (χ4n) is 3.04. The number of hydrogen-bond donors (Lipinski definition) is 2. The Morgan fingerprint density at radius 2 is 2.16 bits per heavy atom. The second kappa shape index (κ2) is 8.95. The van der Waals surface area contributed by atoms with E-state index in [2.05, 4.69) is 20.1 Å². The summed E-state index contributed by atoms with van der Waals surface area (Å²) in [5.41, 5.74) is 6.92. The molecule has 2 aromatic heterocycles. The van der Waals surface area contributed by atoms with Crippen LogP contribution in [-0.2, 0) is 7.05 Å². The number of alkyl halides is 2. The van der Waals surface area contributed by atoms with E-state index >= 15 is 0 Å². The molecule has 9 nitrogen and oxygen atoms in total. The molecule has 3 N–H and O–H groups in total. The molecule has 1 saturated carbocycles. The molecule has 11 heteroatoms. The Bertz CT molecular complexity index is 1110. The van der Waals surface area contributed by atoms with Crippen LogP contribution in [0.2, 0.25) is 0 Å². The maximum Gasteiger partial charge on any atom is 0.387 e. The van der Waals surface area contributed by atoms with Crippen molar-refractivity contribution >= 4 is 11.6 Å². The van der Waals surface area contributed by atoms with Gasteiger partial charge in [0.2, 0.25) is 5.89 Å². The van der Waals surface area contributed by atoms with E-state index in [-0.39, 0.29) is 28.8 Å². The molecule has 1 fully saturated rings. The lowest BCUT2D eigenvalue weighted by molar-refractivity contribution is -0.0515. The van der Waals surface area contributed by atoms with Gasteiger partial charge < -0.3 is 24.9 Å². The lowest BCUT2D eigenvalue weighted by Crippen LogP contribution is -2.17. The van der Waals surface area contributed by atoms with Crippen molar-refractivity contribution in [2.45, 2.75) is 32.4 Å². The van der Waals surface area contributed by atoms with E-state index in [0.717, 1.165) is 12.8 Å².